The summed E-state index contributed by atoms with van der Waals surface area (Å²) >= 11 is 6.00. The highest BCUT2D eigenvalue weighted by Gasteiger charge is 2.64. The van der Waals surface area contributed by atoms with E-state index in [1.54, 1.807) is 12.1 Å². The van der Waals surface area contributed by atoms with Crippen molar-refractivity contribution in [2.24, 2.45) is 10.8 Å². The molecule has 0 saturated heterocycles. The normalized spacial score (nSPS) is 20.1. The molecule has 3 nitrogen and oxygen atoms in total. The van der Waals surface area contributed by atoms with Crippen molar-refractivity contribution < 1.29 is 4.79 Å². The summed E-state index contributed by atoms with van der Waals surface area (Å²) < 4.78 is 0. The van der Waals surface area contributed by atoms with Gasteiger partial charge in [-0.1, -0.05) is 51.4 Å². The number of benzene rings is 1. The van der Waals surface area contributed by atoms with Crippen LogP contribution in [0.15, 0.2) is 24.3 Å². The quantitative estimate of drug-likeness (QED) is 0.888. The van der Waals surface area contributed by atoms with Gasteiger partial charge in [-0.2, -0.15) is 0 Å². The Labute approximate surface area is 119 Å². The second kappa shape index (κ2) is 4.80. The van der Waals surface area contributed by atoms with Crippen LogP contribution in [0.3, 0.4) is 0 Å². The van der Waals surface area contributed by atoms with E-state index in [1.807, 2.05) is 12.1 Å². The second-order valence-corrected chi connectivity index (χ2v) is 6.69. The van der Waals surface area contributed by atoms with Crippen LogP contribution >= 0.6 is 11.6 Å². The third-order valence-corrected chi connectivity index (χ3v) is 4.97. The Kier molecular flexibility index (Phi) is 3.63. The zero-order valence-corrected chi connectivity index (χ0v) is 12.6. The van der Waals surface area contributed by atoms with Crippen LogP contribution in [0, 0.1) is 10.8 Å². The van der Waals surface area contributed by atoms with Gasteiger partial charge in [-0.3, -0.25) is 4.79 Å². The van der Waals surface area contributed by atoms with E-state index in [9.17, 15) is 4.79 Å². The maximum absolute atomic E-state index is 11.9. The molecule has 0 radical (unpaired) electrons. The Morgan fingerprint density at radius 3 is 2.32 bits per heavy atom. The van der Waals surface area contributed by atoms with E-state index in [0.717, 1.165) is 0 Å². The van der Waals surface area contributed by atoms with E-state index in [-0.39, 0.29) is 16.7 Å². The molecule has 19 heavy (non-hydrogen) atoms. The van der Waals surface area contributed by atoms with E-state index in [0.29, 0.717) is 23.3 Å². The minimum Gasteiger partial charge on any atom is -0.324 e. The number of anilines is 1. The third kappa shape index (κ3) is 2.63. The topological polar surface area (TPSA) is 41.1 Å². The maximum atomic E-state index is 11.9. The molecule has 1 amide bonds. The van der Waals surface area contributed by atoms with Gasteiger partial charge in [0, 0.05) is 6.04 Å². The molecule has 0 bridgehead atoms. The van der Waals surface area contributed by atoms with Gasteiger partial charge in [0.25, 0.3) is 0 Å². The molecule has 0 spiro atoms. The van der Waals surface area contributed by atoms with Gasteiger partial charge in [0.05, 0.1) is 17.3 Å². The van der Waals surface area contributed by atoms with Crippen molar-refractivity contribution in [2.45, 2.75) is 33.7 Å². The van der Waals surface area contributed by atoms with E-state index >= 15 is 0 Å². The van der Waals surface area contributed by atoms with Gasteiger partial charge in [-0.05, 0) is 23.0 Å². The van der Waals surface area contributed by atoms with Crippen LogP contribution in [0.5, 0.6) is 0 Å². The van der Waals surface area contributed by atoms with Crippen LogP contribution in [0.4, 0.5) is 5.69 Å². The zero-order valence-electron chi connectivity index (χ0n) is 11.9. The first-order chi connectivity index (χ1) is 8.76. The standard InChI is InChI=1S/C15H21ClN2O/c1-14(2)13(15(14,3)4)17-9-12(19)18-11-8-6-5-7-10(11)16/h5-8,13,17H,9H2,1-4H3,(H,18,19). The van der Waals surface area contributed by atoms with Crippen LogP contribution in [-0.2, 0) is 4.79 Å². The number of amides is 1. The molecule has 0 atom stereocenters. The van der Waals surface area contributed by atoms with E-state index < -0.39 is 0 Å². The average Bonchev–Trinajstić information content (AvgIpc) is 2.70. The lowest BCUT2D eigenvalue weighted by Gasteiger charge is -2.09. The van der Waals surface area contributed by atoms with Crippen LogP contribution < -0.4 is 10.6 Å². The smallest absolute Gasteiger partial charge is 0.238 e. The van der Waals surface area contributed by atoms with Crippen molar-refractivity contribution in [2.75, 3.05) is 11.9 Å². The van der Waals surface area contributed by atoms with Crippen molar-refractivity contribution in [1.82, 2.24) is 5.32 Å². The summed E-state index contributed by atoms with van der Waals surface area (Å²) in [5.41, 5.74) is 1.13. The van der Waals surface area contributed by atoms with E-state index in [2.05, 4.69) is 38.3 Å². The predicted molar refractivity (Wildman–Crippen MR) is 79.4 cm³/mol. The predicted octanol–water partition coefficient (Wildman–Crippen LogP) is 3.30. The maximum Gasteiger partial charge on any atom is 0.238 e. The largest absolute Gasteiger partial charge is 0.324 e. The summed E-state index contributed by atoms with van der Waals surface area (Å²) in [4.78, 5) is 11.9. The molecule has 2 N–H and O–H groups in total. The fraction of sp³-hybridized carbons (Fsp3) is 0.533. The highest BCUT2D eigenvalue weighted by atomic mass is 35.5. The van der Waals surface area contributed by atoms with Crippen molar-refractivity contribution in [3.8, 4) is 0 Å². The number of nitrogens with one attached hydrogen (secondary N) is 2. The highest BCUT2D eigenvalue weighted by molar-refractivity contribution is 6.33. The lowest BCUT2D eigenvalue weighted by molar-refractivity contribution is -0.115. The summed E-state index contributed by atoms with van der Waals surface area (Å²) in [7, 11) is 0. The summed E-state index contributed by atoms with van der Waals surface area (Å²) in [5.74, 6) is -0.0633. The molecule has 0 heterocycles. The fourth-order valence-corrected chi connectivity index (χ4v) is 2.84. The molecule has 1 aliphatic rings. The number of para-hydroxylation sites is 1. The number of hydrogen-bond donors (Lipinski definition) is 2. The Hall–Kier alpha value is -1.06. The molecule has 0 aliphatic heterocycles. The second-order valence-electron chi connectivity index (χ2n) is 6.29. The molecule has 1 aliphatic carbocycles. The molecule has 1 fully saturated rings. The number of rotatable bonds is 4. The Bertz CT molecular complexity index is 483. The summed E-state index contributed by atoms with van der Waals surface area (Å²) in [5, 5.41) is 6.69. The summed E-state index contributed by atoms with van der Waals surface area (Å²) in [6.07, 6.45) is 0. The fourth-order valence-electron chi connectivity index (χ4n) is 2.66. The summed E-state index contributed by atoms with van der Waals surface area (Å²) in [6.45, 7) is 9.18. The lowest BCUT2D eigenvalue weighted by atomic mass is 10.0. The SMILES string of the molecule is CC1(C)C(NCC(=O)Nc2ccccc2Cl)C1(C)C. The Morgan fingerprint density at radius 1 is 1.21 bits per heavy atom. The van der Waals surface area contributed by atoms with E-state index in [1.165, 1.54) is 0 Å². The molecule has 4 heteroatoms. The third-order valence-electron chi connectivity index (χ3n) is 4.64. The lowest BCUT2D eigenvalue weighted by Crippen LogP contribution is -2.32. The molecule has 2 rings (SSSR count). The molecule has 0 unspecified atom stereocenters. The monoisotopic (exact) mass is 280 g/mol. The minimum atomic E-state index is -0.0633. The Balaban J connectivity index is 1.86. The first-order valence-electron chi connectivity index (χ1n) is 6.54. The van der Waals surface area contributed by atoms with Gasteiger partial charge in [-0.25, -0.2) is 0 Å². The van der Waals surface area contributed by atoms with Crippen molar-refractivity contribution in [1.29, 1.82) is 0 Å². The van der Waals surface area contributed by atoms with Gasteiger partial charge < -0.3 is 10.6 Å². The van der Waals surface area contributed by atoms with Crippen LogP contribution in [0.1, 0.15) is 27.7 Å². The zero-order chi connectivity index (χ0) is 14.3. The van der Waals surface area contributed by atoms with Gasteiger partial charge in [0.2, 0.25) is 5.91 Å². The minimum absolute atomic E-state index is 0.0633. The van der Waals surface area contributed by atoms with Gasteiger partial charge in [0.15, 0.2) is 0 Å². The van der Waals surface area contributed by atoms with Gasteiger partial charge >= 0.3 is 0 Å². The van der Waals surface area contributed by atoms with Crippen molar-refractivity contribution in [3.05, 3.63) is 29.3 Å². The Morgan fingerprint density at radius 2 is 1.79 bits per heavy atom. The first kappa shape index (κ1) is 14.4. The highest BCUT2D eigenvalue weighted by Crippen LogP contribution is 2.62. The number of carbonyl (C=O) groups excluding carboxylic acids is 1. The molecular formula is C15H21ClN2O. The summed E-state index contributed by atoms with van der Waals surface area (Å²) in [6, 6.07) is 7.62. The van der Waals surface area contributed by atoms with Crippen LogP contribution in [0.2, 0.25) is 5.02 Å². The molecular weight excluding hydrogens is 260 g/mol. The molecule has 0 aromatic heterocycles. The number of halogens is 1. The van der Waals surface area contributed by atoms with Crippen molar-refractivity contribution >= 4 is 23.2 Å². The molecule has 1 aromatic rings. The average molecular weight is 281 g/mol. The molecule has 1 aromatic carbocycles. The van der Waals surface area contributed by atoms with E-state index in [4.69, 9.17) is 11.6 Å². The van der Waals surface area contributed by atoms with Crippen LogP contribution in [0.25, 0.3) is 0 Å². The van der Waals surface area contributed by atoms with Crippen molar-refractivity contribution in [3.63, 3.8) is 0 Å². The molecule has 104 valence electrons. The number of hydrogen-bond acceptors (Lipinski definition) is 2. The van der Waals surface area contributed by atoms with Gasteiger partial charge in [0.1, 0.15) is 0 Å². The van der Waals surface area contributed by atoms with Crippen LogP contribution in [-0.4, -0.2) is 18.5 Å². The number of carbonyl (C=O) groups is 1. The van der Waals surface area contributed by atoms with Gasteiger partial charge in [-0.15, -0.1) is 0 Å². The molecule has 1 saturated carbocycles. The first-order valence-corrected chi connectivity index (χ1v) is 6.92.